The summed E-state index contributed by atoms with van der Waals surface area (Å²) in [6.07, 6.45) is 3.95. The maximum absolute atomic E-state index is 13.6. The highest BCUT2D eigenvalue weighted by Gasteiger charge is 2.24. The van der Waals surface area contributed by atoms with Crippen molar-refractivity contribution in [1.29, 1.82) is 0 Å². The molecule has 0 atom stereocenters. The molecule has 2 aromatic carbocycles. The zero-order chi connectivity index (χ0) is 18.6. The van der Waals surface area contributed by atoms with Gasteiger partial charge in [-0.05, 0) is 61.3 Å². The average Bonchev–Trinajstić information content (AvgIpc) is 3.19. The van der Waals surface area contributed by atoms with E-state index in [-0.39, 0.29) is 5.82 Å². The summed E-state index contributed by atoms with van der Waals surface area (Å²) in [5, 5.41) is 7.40. The molecule has 1 N–H and O–H groups in total. The molecule has 4 rings (SSSR count). The summed E-state index contributed by atoms with van der Waals surface area (Å²) >= 11 is 0. The van der Waals surface area contributed by atoms with Crippen molar-refractivity contribution in [3.05, 3.63) is 71.8 Å². The third-order valence-electron chi connectivity index (χ3n) is 5.37. The number of hydrogen-bond acceptors (Lipinski definition) is 3. The fourth-order valence-corrected chi connectivity index (χ4v) is 3.86. The van der Waals surface area contributed by atoms with Crippen molar-refractivity contribution in [1.82, 2.24) is 15.1 Å². The van der Waals surface area contributed by atoms with Gasteiger partial charge in [0.15, 0.2) is 0 Å². The van der Waals surface area contributed by atoms with Crippen LogP contribution in [-0.2, 0) is 6.54 Å². The van der Waals surface area contributed by atoms with Crippen molar-refractivity contribution >= 4 is 0 Å². The van der Waals surface area contributed by atoms with Crippen LogP contribution in [0.2, 0.25) is 0 Å². The molecule has 0 unspecified atom stereocenters. The fraction of sp³-hybridized carbons (Fsp3) is 0.318. The molecule has 5 heteroatoms. The number of aromatic amines is 1. The van der Waals surface area contributed by atoms with E-state index >= 15 is 0 Å². The number of halogens is 1. The Bertz CT molecular complexity index is 883. The number of ether oxygens (including phenoxy) is 1. The molecule has 140 valence electrons. The highest BCUT2D eigenvalue weighted by molar-refractivity contribution is 5.65. The lowest BCUT2D eigenvalue weighted by atomic mass is 9.89. The summed E-state index contributed by atoms with van der Waals surface area (Å²) in [6.45, 7) is 3.03. The lowest BCUT2D eigenvalue weighted by Gasteiger charge is -2.32. The minimum atomic E-state index is -0.214. The van der Waals surface area contributed by atoms with Gasteiger partial charge in [-0.2, -0.15) is 5.10 Å². The Balaban J connectivity index is 1.40. The van der Waals surface area contributed by atoms with Crippen LogP contribution in [0, 0.1) is 5.82 Å². The molecule has 2 heterocycles. The van der Waals surface area contributed by atoms with Gasteiger partial charge in [0.25, 0.3) is 0 Å². The molecule has 3 aromatic rings. The smallest absolute Gasteiger partial charge is 0.123 e. The van der Waals surface area contributed by atoms with Gasteiger partial charge in [0, 0.05) is 23.7 Å². The first-order valence-electron chi connectivity index (χ1n) is 9.37. The molecule has 0 aliphatic carbocycles. The fourth-order valence-electron chi connectivity index (χ4n) is 3.86. The first-order valence-corrected chi connectivity index (χ1v) is 9.37. The third-order valence-corrected chi connectivity index (χ3v) is 5.37. The molecule has 1 aromatic heterocycles. The van der Waals surface area contributed by atoms with Crippen molar-refractivity contribution < 1.29 is 9.13 Å². The van der Waals surface area contributed by atoms with E-state index in [2.05, 4.69) is 27.2 Å². The van der Waals surface area contributed by atoms with Crippen LogP contribution in [0.15, 0.2) is 54.7 Å². The highest BCUT2D eigenvalue weighted by Crippen LogP contribution is 2.34. The Hall–Kier alpha value is -2.66. The van der Waals surface area contributed by atoms with Gasteiger partial charge in [-0.3, -0.25) is 10.00 Å². The molecular weight excluding hydrogens is 341 g/mol. The van der Waals surface area contributed by atoms with Crippen molar-refractivity contribution in [2.24, 2.45) is 0 Å². The standard InChI is InChI=1S/C22H24FN3O/c1-27-20-7-5-16(6-8-20)15-26-11-9-17(10-12-26)22-21(14-24-25-22)18-3-2-4-19(23)13-18/h2-8,13-14,17H,9-12,15H2,1H3,(H,24,25). The monoisotopic (exact) mass is 365 g/mol. The van der Waals surface area contributed by atoms with Crippen LogP contribution in [0.1, 0.15) is 30.0 Å². The second kappa shape index (κ2) is 7.92. The van der Waals surface area contributed by atoms with Crippen molar-refractivity contribution in [2.75, 3.05) is 20.2 Å². The second-order valence-corrected chi connectivity index (χ2v) is 7.11. The molecule has 1 saturated heterocycles. The molecule has 0 spiro atoms. The van der Waals surface area contributed by atoms with Crippen molar-refractivity contribution in [3.63, 3.8) is 0 Å². The number of likely N-dealkylation sites (tertiary alicyclic amines) is 1. The zero-order valence-corrected chi connectivity index (χ0v) is 15.5. The Morgan fingerprint density at radius 2 is 1.93 bits per heavy atom. The predicted molar refractivity (Wildman–Crippen MR) is 104 cm³/mol. The van der Waals surface area contributed by atoms with Gasteiger partial charge in [-0.1, -0.05) is 24.3 Å². The molecule has 1 aliphatic rings. The third kappa shape index (κ3) is 4.03. The van der Waals surface area contributed by atoms with Gasteiger partial charge in [0.2, 0.25) is 0 Å². The first-order chi connectivity index (χ1) is 13.2. The van der Waals surface area contributed by atoms with E-state index in [1.807, 2.05) is 24.4 Å². The highest BCUT2D eigenvalue weighted by atomic mass is 19.1. The summed E-state index contributed by atoms with van der Waals surface area (Å²) in [5.41, 5.74) is 4.34. The molecule has 4 nitrogen and oxygen atoms in total. The van der Waals surface area contributed by atoms with E-state index in [0.717, 1.165) is 55.0 Å². The Kier molecular flexibility index (Phi) is 5.21. The number of methoxy groups -OCH3 is 1. The van der Waals surface area contributed by atoms with Gasteiger partial charge in [0.05, 0.1) is 13.3 Å². The van der Waals surface area contributed by atoms with E-state index in [0.29, 0.717) is 5.92 Å². The van der Waals surface area contributed by atoms with Crippen molar-refractivity contribution in [2.45, 2.75) is 25.3 Å². The van der Waals surface area contributed by atoms with E-state index in [1.54, 1.807) is 19.2 Å². The number of aromatic nitrogens is 2. The molecule has 0 bridgehead atoms. The minimum Gasteiger partial charge on any atom is -0.497 e. The molecular formula is C22H24FN3O. The Morgan fingerprint density at radius 3 is 2.63 bits per heavy atom. The molecule has 1 fully saturated rings. The number of nitrogens with one attached hydrogen (secondary N) is 1. The minimum absolute atomic E-state index is 0.214. The molecule has 27 heavy (non-hydrogen) atoms. The Morgan fingerprint density at radius 1 is 1.15 bits per heavy atom. The van der Waals surface area contributed by atoms with E-state index in [4.69, 9.17) is 4.74 Å². The molecule has 0 radical (unpaired) electrons. The number of H-pyrrole nitrogens is 1. The van der Waals surface area contributed by atoms with Gasteiger partial charge in [-0.15, -0.1) is 0 Å². The van der Waals surface area contributed by atoms with Crippen LogP contribution in [0.3, 0.4) is 0 Å². The maximum Gasteiger partial charge on any atom is 0.123 e. The van der Waals surface area contributed by atoms with Gasteiger partial charge in [0.1, 0.15) is 11.6 Å². The molecule has 1 aliphatic heterocycles. The summed E-state index contributed by atoms with van der Waals surface area (Å²) in [5.74, 6) is 1.11. The topological polar surface area (TPSA) is 41.1 Å². The van der Waals surface area contributed by atoms with Gasteiger partial charge in [-0.25, -0.2) is 4.39 Å². The van der Waals surface area contributed by atoms with Crippen LogP contribution in [0.4, 0.5) is 4.39 Å². The lowest BCUT2D eigenvalue weighted by molar-refractivity contribution is 0.203. The lowest BCUT2D eigenvalue weighted by Crippen LogP contribution is -2.32. The number of nitrogens with zero attached hydrogens (tertiary/aromatic N) is 2. The Labute approximate surface area is 159 Å². The summed E-state index contributed by atoms with van der Waals surface area (Å²) in [6, 6.07) is 15.0. The number of piperidine rings is 1. The van der Waals surface area contributed by atoms with E-state index in [9.17, 15) is 4.39 Å². The number of benzene rings is 2. The van der Waals surface area contributed by atoms with Crippen LogP contribution in [0.25, 0.3) is 11.1 Å². The van der Waals surface area contributed by atoms with Crippen LogP contribution >= 0.6 is 0 Å². The van der Waals surface area contributed by atoms with Crippen LogP contribution < -0.4 is 4.74 Å². The van der Waals surface area contributed by atoms with Gasteiger partial charge >= 0.3 is 0 Å². The number of rotatable bonds is 5. The van der Waals surface area contributed by atoms with Crippen LogP contribution in [0.5, 0.6) is 5.75 Å². The normalized spacial score (nSPS) is 15.8. The van der Waals surface area contributed by atoms with E-state index < -0.39 is 0 Å². The van der Waals surface area contributed by atoms with Gasteiger partial charge < -0.3 is 4.74 Å². The number of hydrogen-bond donors (Lipinski definition) is 1. The summed E-state index contributed by atoms with van der Waals surface area (Å²) < 4.78 is 18.8. The van der Waals surface area contributed by atoms with Crippen molar-refractivity contribution in [3.8, 4) is 16.9 Å². The van der Waals surface area contributed by atoms with Crippen LogP contribution in [-0.4, -0.2) is 35.3 Å². The SMILES string of the molecule is COc1ccc(CN2CCC(c3[nH]ncc3-c3cccc(F)c3)CC2)cc1. The molecule has 0 saturated carbocycles. The average molecular weight is 365 g/mol. The zero-order valence-electron chi connectivity index (χ0n) is 15.5. The molecule has 0 amide bonds. The quantitative estimate of drug-likeness (QED) is 0.718. The first kappa shape index (κ1) is 17.7. The second-order valence-electron chi connectivity index (χ2n) is 7.11. The summed E-state index contributed by atoms with van der Waals surface area (Å²) in [7, 11) is 1.69. The van der Waals surface area contributed by atoms with E-state index in [1.165, 1.54) is 11.6 Å². The summed E-state index contributed by atoms with van der Waals surface area (Å²) in [4.78, 5) is 2.48. The predicted octanol–water partition coefficient (Wildman–Crippen LogP) is 4.60. The largest absolute Gasteiger partial charge is 0.497 e. The maximum atomic E-state index is 13.6.